The molecule has 1 N–H and O–H groups in total. The van der Waals surface area contributed by atoms with E-state index in [0.717, 1.165) is 0 Å². The molecular weight excluding hydrogens is 370 g/mol. The maximum absolute atomic E-state index is 13.5. The van der Waals surface area contributed by atoms with Gasteiger partial charge in [-0.3, -0.25) is 24.1 Å². The SMILES string of the molecule is CCN1C(=O)c2ccccc2N2C(=O)CC[C@]12C(=O)Nc1cccc(C(C)=O)c1. The van der Waals surface area contributed by atoms with Gasteiger partial charge in [-0.15, -0.1) is 0 Å². The molecule has 7 heteroatoms. The van der Waals surface area contributed by atoms with Crippen LogP contribution in [0.25, 0.3) is 0 Å². The lowest BCUT2D eigenvalue weighted by Gasteiger charge is -2.48. The molecule has 29 heavy (non-hydrogen) atoms. The number of nitrogens with one attached hydrogen (secondary N) is 1. The van der Waals surface area contributed by atoms with Gasteiger partial charge in [0.1, 0.15) is 0 Å². The predicted molar refractivity (Wildman–Crippen MR) is 108 cm³/mol. The summed E-state index contributed by atoms with van der Waals surface area (Å²) >= 11 is 0. The molecule has 1 atom stereocenters. The first kappa shape index (κ1) is 18.9. The highest BCUT2D eigenvalue weighted by molar-refractivity contribution is 6.18. The molecule has 3 amide bonds. The van der Waals surface area contributed by atoms with E-state index in [1.807, 2.05) is 0 Å². The summed E-state index contributed by atoms with van der Waals surface area (Å²) in [5, 5.41) is 2.83. The van der Waals surface area contributed by atoms with E-state index in [1.54, 1.807) is 55.5 Å². The van der Waals surface area contributed by atoms with Crippen molar-refractivity contribution < 1.29 is 19.2 Å². The zero-order valence-corrected chi connectivity index (χ0v) is 16.3. The number of fused-ring (bicyclic) bond motifs is 3. The van der Waals surface area contributed by atoms with Crippen molar-refractivity contribution >= 4 is 34.9 Å². The molecule has 2 aromatic rings. The van der Waals surface area contributed by atoms with E-state index >= 15 is 0 Å². The number of benzene rings is 2. The number of amides is 3. The van der Waals surface area contributed by atoms with Gasteiger partial charge in [-0.05, 0) is 38.1 Å². The third-order valence-electron chi connectivity index (χ3n) is 5.58. The molecule has 0 spiro atoms. The average molecular weight is 391 g/mol. The van der Waals surface area contributed by atoms with Gasteiger partial charge >= 0.3 is 0 Å². The van der Waals surface area contributed by atoms with Crippen LogP contribution in [0.5, 0.6) is 0 Å². The summed E-state index contributed by atoms with van der Waals surface area (Å²) in [7, 11) is 0. The molecule has 0 aliphatic carbocycles. The lowest BCUT2D eigenvalue weighted by atomic mass is 9.95. The van der Waals surface area contributed by atoms with Gasteiger partial charge in [0.2, 0.25) is 11.6 Å². The summed E-state index contributed by atoms with van der Waals surface area (Å²) in [6.45, 7) is 3.52. The Labute approximate surface area is 168 Å². The minimum Gasteiger partial charge on any atom is -0.322 e. The van der Waals surface area contributed by atoms with Crippen molar-refractivity contribution in [2.24, 2.45) is 0 Å². The molecule has 148 valence electrons. The number of para-hydroxylation sites is 1. The molecule has 2 heterocycles. The number of hydrogen-bond acceptors (Lipinski definition) is 4. The molecule has 4 rings (SSSR count). The van der Waals surface area contributed by atoms with E-state index in [4.69, 9.17) is 0 Å². The largest absolute Gasteiger partial charge is 0.322 e. The van der Waals surface area contributed by atoms with Gasteiger partial charge in [0.05, 0.1) is 11.3 Å². The van der Waals surface area contributed by atoms with Gasteiger partial charge in [-0.1, -0.05) is 24.3 Å². The number of carbonyl (C=O) groups excluding carboxylic acids is 4. The first-order chi connectivity index (χ1) is 13.9. The second-order valence-electron chi connectivity index (χ2n) is 7.20. The number of Topliss-reactive ketones (excluding diaryl/α,β-unsaturated/α-hetero) is 1. The van der Waals surface area contributed by atoms with E-state index in [-0.39, 0.29) is 37.0 Å². The molecule has 0 saturated carbocycles. The molecule has 7 nitrogen and oxygen atoms in total. The fraction of sp³-hybridized carbons (Fsp3) is 0.273. The van der Waals surface area contributed by atoms with Crippen LogP contribution >= 0.6 is 0 Å². The molecule has 1 fully saturated rings. The second-order valence-corrected chi connectivity index (χ2v) is 7.20. The summed E-state index contributed by atoms with van der Waals surface area (Å²) in [5.74, 6) is -1.06. The highest BCUT2D eigenvalue weighted by Gasteiger charge is 2.60. The Morgan fingerprint density at radius 1 is 1.10 bits per heavy atom. The van der Waals surface area contributed by atoms with Crippen LogP contribution in [0, 0.1) is 0 Å². The van der Waals surface area contributed by atoms with Crippen LogP contribution in [0.1, 0.15) is 47.4 Å². The van der Waals surface area contributed by atoms with Crippen molar-refractivity contribution in [2.45, 2.75) is 32.4 Å². The van der Waals surface area contributed by atoms with E-state index in [1.165, 1.54) is 16.7 Å². The predicted octanol–water partition coefficient (Wildman–Crippen LogP) is 2.83. The Hall–Kier alpha value is -3.48. The zero-order chi connectivity index (χ0) is 20.8. The van der Waals surface area contributed by atoms with E-state index < -0.39 is 11.6 Å². The molecule has 2 aliphatic heterocycles. The van der Waals surface area contributed by atoms with Gasteiger partial charge in [-0.25, -0.2) is 0 Å². The van der Waals surface area contributed by atoms with Crippen molar-refractivity contribution in [1.82, 2.24) is 4.90 Å². The molecule has 0 bridgehead atoms. The second kappa shape index (κ2) is 6.84. The maximum atomic E-state index is 13.5. The first-order valence-corrected chi connectivity index (χ1v) is 9.56. The lowest BCUT2D eigenvalue weighted by molar-refractivity contribution is -0.128. The maximum Gasteiger partial charge on any atom is 0.271 e. The van der Waals surface area contributed by atoms with E-state index in [0.29, 0.717) is 22.5 Å². The van der Waals surface area contributed by atoms with E-state index in [9.17, 15) is 19.2 Å². The first-order valence-electron chi connectivity index (χ1n) is 9.56. The van der Waals surface area contributed by atoms with Gasteiger partial charge in [0.15, 0.2) is 5.78 Å². The van der Waals surface area contributed by atoms with Gasteiger partial charge in [0, 0.05) is 30.6 Å². The number of nitrogens with zero attached hydrogens (tertiary/aromatic N) is 2. The normalized spacial score (nSPS) is 20.3. The van der Waals surface area contributed by atoms with Gasteiger partial charge < -0.3 is 10.2 Å². The number of rotatable bonds is 4. The molecule has 1 saturated heterocycles. The third kappa shape index (κ3) is 2.73. The smallest absolute Gasteiger partial charge is 0.271 e. The summed E-state index contributed by atoms with van der Waals surface area (Å²) in [4.78, 5) is 54.1. The minimum absolute atomic E-state index is 0.117. The quantitative estimate of drug-likeness (QED) is 0.812. The van der Waals surface area contributed by atoms with Gasteiger partial charge in [0.25, 0.3) is 11.8 Å². The molecule has 2 aromatic carbocycles. The lowest BCUT2D eigenvalue weighted by Crippen LogP contribution is -2.69. The Kier molecular flexibility index (Phi) is 4.45. The molecule has 2 aliphatic rings. The summed E-state index contributed by atoms with van der Waals surface area (Å²) < 4.78 is 0. The Morgan fingerprint density at radius 3 is 2.59 bits per heavy atom. The molecule has 0 unspecified atom stereocenters. The Bertz CT molecular complexity index is 1050. The van der Waals surface area contributed by atoms with Crippen LogP contribution in [0.15, 0.2) is 48.5 Å². The fourth-order valence-corrected chi connectivity index (χ4v) is 4.25. The number of hydrogen-bond donors (Lipinski definition) is 1. The van der Waals surface area contributed by atoms with Crippen molar-refractivity contribution in [3.05, 3.63) is 59.7 Å². The summed E-state index contributed by atoms with van der Waals surface area (Å²) in [5.41, 5.74) is 0.350. The summed E-state index contributed by atoms with van der Waals surface area (Å²) in [6, 6.07) is 13.5. The topological polar surface area (TPSA) is 86.8 Å². The summed E-state index contributed by atoms with van der Waals surface area (Å²) in [6.07, 6.45) is 0.372. The minimum atomic E-state index is -1.43. The standard InChI is InChI=1S/C22H21N3O4/c1-3-24-20(28)17-9-4-5-10-18(17)25-19(27)11-12-22(24,25)21(29)23-16-8-6-7-15(13-16)14(2)26/h4-10,13H,3,11-12H2,1-2H3,(H,23,29)/t22-/m0/s1. The molecule has 0 aromatic heterocycles. The number of anilines is 2. The Morgan fingerprint density at radius 2 is 1.86 bits per heavy atom. The van der Waals surface area contributed by atoms with Crippen LogP contribution in [-0.2, 0) is 9.59 Å². The highest BCUT2D eigenvalue weighted by Crippen LogP contribution is 2.44. The number of carbonyl (C=O) groups is 4. The van der Waals surface area contributed by atoms with E-state index in [2.05, 4.69) is 5.32 Å². The van der Waals surface area contributed by atoms with Crippen LogP contribution in [0.2, 0.25) is 0 Å². The Balaban J connectivity index is 1.80. The monoisotopic (exact) mass is 391 g/mol. The van der Waals surface area contributed by atoms with Crippen molar-refractivity contribution in [2.75, 3.05) is 16.8 Å². The van der Waals surface area contributed by atoms with Crippen molar-refractivity contribution in [3.63, 3.8) is 0 Å². The van der Waals surface area contributed by atoms with Crippen molar-refractivity contribution in [3.8, 4) is 0 Å². The van der Waals surface area contributed by atoms with Crippen LogP contribution in [0.4, 0.5) is 11.4 Å². The van der Waals surface area contributed by atoms with Gasteiger partial charge in [-0.2, -0.15) is 0 Å². The molecule has 0 radical (unpaired) electrons. The number of likely N-dealkylation sites (N-methyl/N-ethyl adjacent to an activating group) is 1. The van der Waals surface area contributed by atoms with Crippen LogP contribution in [-0.4, -0.2) is 40.6 Å². The average Bonchev–Trinajstić information content (AvgIpc) is 3.07. The van der Waals surface area contributed by atoms with Crippen LogP contribution < -0.4 is 10.2 Å². The highest BCUT2D eigenvalue weighted by atomic mass is 16.2. The van der Waals surface area contributed by atoms with Crippen LogP contribution in [0.3, 0.4) is 0 Å². The van der Waals surface area contributed by atoms with Crippen molar-refractivity contribution in [1.29, 1.82) is 0 Å². The zero-order valence-electron chi connectivity index (χ0n) is 16.3. The third-order valence-corrected chi connectivity index (χ3v) is 5.58. The number of ketones is 1. The molecular formula is C22H21N3O4. The fourth-order valence-electron chi connectivity index (χ4n) is 4.25.